The molecule has 5 nitrogen and oxygen atoms in total. The van der Waals surface area contributed by atoms with Crippen molar-refractivity contribution in [1.82, 2.24) is 5.16 Å². The van der Waals surface area contributed by atoms with Gasteiger partial charge in [-0.15, -0.1) is 0 Å². The molecule has 1 unspecified atom stereocenters. The molecule has 1 atom stereocenters. The summed E-state index contributed by atoms with van der Waals surface area (Å²) in [5.41, 5.74) is 8.92. The number of sulfone groups is 1. The molecule has 2 aromatic rings. The van der Waals surface area contributed by atoms with Crippen molar-refractivity contribution >= 4 is 15.7 Å². The van der Waals surface area contributed by atoms with Crippen LogP contribution in [0.5, 0.6) is 0 Å². The third-order valence-electron chi connectivity index (χ3n) is 3.97. The lowest BCUT2D eigenvalue weighted by Gasteiger charge is -2.21. The van der Waals surface area contributed by atoms with Crippen molar-refractivity contribution in [1.29, 1.82) is 0 Å². The number of nitrogen functional groups attached to an aromatic ring is 1. The van der Waals surface area contributed by atoms with E-state index < -0.39 is 15.1 Å². The molecular weight excluding hydrogens is 288 g/mol. The Bertz CT molecular complexity index is 748. The summed E-state index contributed by atoms with van der Waals surface area (Å²) in [4.78, 5) is 0. The van der Waals surface area contributed by atoms with Gasteiger partial charge < -0.3 is 10.3 Å². The molecule has 1 aromatic carbocycles. The van der Waals surface area contributed by atoms with Crippen molar-refractivity contribution in [2.75, 3.05) is 11.5 Å². The second kappa shape index (κ2) is 5.18. The minimum atomic E-state index is -3.18. The van der Waals surface area contributed by atoms with Crippen molar-refractivity contribution < 1.29 is 12.9 Å². The third-order valence-corrected chi connectivity index (χ3v) is 6.15. The molecule has 6 heteroatoms. The van der Waals surface area contributed by atoms with Gasteiger partial charge in [-0.1, -0.05) is 41.4 Å². The highest BCUT2D eigenvalue weighted by Gasteiger charge is 2.35. The number of aromatic nitrogens is 1. The Labute approximate surface area is 124 Å². The van der Waals surface area contributed by atoms with E-state index in [9.17, 15) is 8.42 Å². The third kappa shape index (κ3) is 2.55. The standard InChI is InChI=1S/C15H18N2O3S/c1-10-5-7-11(8-6-10)13-14(17-20-15(13)16)12-4-2-3-9-21(12,18)19/h5-8,12H,2-4,9,16H2,1H3. The fraction of sp³-hybridized carbons (Fsp3) is 0.400. The maximum Gasteiger partial charge on any atom is 0.230 e. The number of hydrogen-bond donors (Lipinski definition) is 1. The summed E-state index contributed by atoms with van der Waals surface area (Å²) in [6.07, 6.45) is 2.17. The number of nitrogens with two attached hydrogens (primary N) is 1. The van der Waals surface area contributed by atoms with E-state index in [2.05, 4.69) is 5.16 Å². The predicted molar refractivity (Wildman–Crippen MR) is 81.5 cm³/mol. The van der Waals surface area contributed by atoms with E-state index in [0.717, 1.165) is 17.5 Å². The number of benzene rings is 1. The smallest absolute Gasteiger partial charge is 0.230 e. The first kappa shape index (κ1) is 14.1. The molecule has 0 aliphatic carbocycles. The first-order valence-corrected chi connectivity index (χ1v) is 8.74. The van der Waals surface area contributed by atoms with E-state index in [1.165, 1.54) is 0 Å². The van der Waals surface area contributed by atoms with Crippen LogP contribution in [-0.4, -0.2) is 19.3 Å². The molecule has 21 heavy (non-hydrogen) atoms. The Hall–Kier alpha value is -1.82. The molecule has 1 fully saturated rings. The van der Waals surface area contributed by atoms with Crippen LogP contribution in [0.15, 0.2) is 28.8 Å². The van der Waals surface area contributed by atoms with Crippen LogP contribution in [0.4, 0.5) is 5.88 Å². The van der Waals surface area contributed by atoms with E-state index in [1.807, 2.05) is 31.2 Å². The zero-order valence-electron chi connectivity index (χ0n) is 11.9. The molecule has 0 bridgehead atoms. The van der Waals surface area contributed by atoms with Crippen LogP contribution >= 0.6 is 0 Å². The molecule has 1 aromatic heterocycles. The Morgan fingerprint density at radius 3 is 2.62 bits per heavy atom. The van der Waals surface area contributed by atoms with Crippen molar-refractivity contribution in [3.05, 3.63) is 35.5 Å². The fourth-order valence-electron chi connectivity index (χ4n) is 2.81. The summed E-state index contributed by atoms with van der Waals surface area (Å²) in [5.74, 6) is 0.382. The van der Waals surface area contributed by atoms with Gasteiger partial charge in [0.1, 0.15) is 10.9 Å². The zero-order valence-corrected chi connectivity index (χ0v) is 12.7. The summed E-state index contributed by atoms with van der Waals surface area (Å²) < 4.78 is 29.7. The van der Waals surface area contributed by atoms with Crippen LogP contribution in [0.2, 0.25) is 0 Å². The summed E-state index contributed by atoms with van der Waals surface area (Å²) in [6.45, 7) is 1.99. The molecule has 0 amide bonds. The van der Waals surface area contributed by atoms with Crippen molar-refractivity contribution in [2.45, 2.75) is 31.4 Å². The maximum absolute atomic E-state index is 12.3. The van der Waals surface area contributed by atoms with Crippen molar-refractivity contribution in [3.8, 4) is 11.1 Å². The molecule has 2 N–H and O–H groups in total. The lowest BCUT2D eigenvalue weighted by molar-refractivity contribution is 0.421. The fourth-order valence-corrected chi connectivity index (χ4v) is 4.73. The molecule has 1 aliphatic rings. The predicted octanol–water partition coefficient (Wildman–Crippen LogP) is 2.87. The highest BCUT2D eigenvalue weighted by molar-refractivity contribution is 7.91. The maximum atomic E-state index is 12.3. The minimum absolute atomic E-state index is 0.176. The van der Waals surface area contributed by atoms with Crippen LogP contribution in [0.3, 0.4) is 0 Å². The van der Waals surface area contributed by atoms with Crippen LogP contribution in [0.25, 0.3) is 11.1 Å². The first-order valence-electron chi connectivity index (χ1n) is 7.02. The molecular formula is C15H18N2O3S. The van der Waals surface area contributed by atoms with Crippen LogP contribution in [-0.2, 0) is 9.84 Å². The van der Waals surface area contributed by atoms with Crippen LogP contribution in [0.1, 0.15) is 35.8 Å². The molecule has 0 saturated carbocycles. The number of anilines is 1. The van der Waals surface area contributed by atoms with Gasteiger partial charge in [0.15, 0.2) is 9.84 Å². The number of nitrogens with zero attached hydrogens (tertiary/aromatic N) is 1. The monoisotopic (exact) mass is 306 g/mol. The van der Waals surface area contributed by atoms with Gasteiger partial charge in [-0.3, -0.25) is 0 Å². The SMILES string of the molecule is Cc1ccc(-c2c(C3CCCCS3(=O)=O)noc2N)cc1. The second-order valence-corrected chi connectivity index (χ2v) is 7.83. The first-order chi connectivity index (χ1) is 9.99. The Morgan fingerprint density at radius 2 is 1.95 bits per heavy atom. The Morgan fingerprint density at radius 1 is 1.24 bits per heavy atom. The summed E-state index contributed by atoms with van der Waals surface area (Å²) in [5, 5.41) is 3.35. The minimum Gasteiger partial charge on any atom is -0.367 e. The van der Waals surface area contributed by atoms with E-state index >= 15 is 0 Å². The summed E-state index contributed by atoms with van der Waals surface area (Å²) in [7, 11) is -3.18. The molecule has 3 rings (SSSR count). The topological polar surface area (TPSA) is 86.2 Å². The van der Waals surface area contributed by atoms with Crippen molar-refractivity contribution in [3.63, 3.8) is 0 Å². The lowest BCUT2D eigenvalue weighted by atomic mass is 10.0. The van der Waals surface area contributed by atoms with Gasteiger partial charge in [0.05, 0.1) is 11.3 Å². The van der Waals surface area contributed by atoms with Gasteiger partial charge in [-0.05, 0) is 25.3 Å². The normalized spacial score (nSPS) is 21.3. The zero-order chi connectivity index (χ0) is 15.0. The molecule has 112 valence electrons. The van der Waals surface area contributed by atoms with Gasteiger partial charge >= 0.3 is 0 Å². The van der Waals surface area contributed by atoms with Gasteiger partial charge in [0.2, 0.25) is 5.88 Å². The second-order valence-electron chi connectivity index (χ2n) is 5.52. The summed E-state index contributed by atoms with van der Waals surface area (Å²) in [6, 6.07) is 7.75. The van der Waals surface area contributed by atoms with Crippen molar-refractivity contribution in [2.24, 2.45) is 0 Å². The number of hydrogen-bond acceptors (Lipinski definition) is 5. The van der Waals surface area contributed by atoms with Gasteiger partial charge in [0.25, 0.3) is 0 Å². The molecule has 1 saturated heterocycles. The Kier molecular flexibility index (Phi) is 3.49. The summed E-state index contributed by atoms with van der Waals surface area (Å²) >= 11 is 0. The molecule has 2 heterocycles. The highest BCUT2D eigenvalue weighted by atomic mass is 32.2. The average molecular weight is 306 g/mol. The van der Waals surface area contributed by atoms with E-state index in [-0.39, 0.29) is 11.6 Å². The lowest BCUT2D eigenvalue weighted by Crippen LogP contribution is -2.22. The number of aryl methyl sites for hydroxylation is 1. The largest absolute Gasteiger partial charge is 0.367 e. The van der Waals surface area contributed by atoms with E-state index in [0.29, 0.717) is 24.1 Å². The van der Waals surface area contributed by atoms with E-state index in [4.69, 9.17) is 10.3 Å². The van der Waals surface area contributed by atoms with Crippen LogP contribution < -0.4 is 5.73 Å². The average Bonchev–Trinajstić information content (AvgIpc) is 2.81. The van der Waals surface area contributed by atoms with Gasteiger partial charge in [0, 0.05) is 0 Å². The van der Waals surface area contributed by atoms with Crippen LogP contribution in [0, 0.1) is 6.92 Å². The quantitative estimate of drug-likeness (QED) is 0.922. The van der Waals surface area contributed by atoms with Gasteiger partial charge in [-0.25, -0.2) is 8.42 Å². The molecule has 0 spiro atoms. The molecule has 1 aliphatic heterocycles. The highest BCUT2D eigenvalue weighted by Crippen LogP contribution is 2.40. The van der Waals surface area contributed by atoms with E-state index in [1.54, 1.807) is 0 Å². The molecule has 0 radical (unpaired) electrons. The number of rotatable bonds is 2. The van der Waals surface area contributed by atoms with Gasteiger partial charge in [-0.2, -0.15) is 0 Å². The Balaban J connectivity index is 2.11.